The lowest BCUT2D eigenvalue weighted by Gasteiger charge is -1.95. The van der Waals surface area contributed by atoms with Gasteiger partial charge in [0, 0.05) is 17.1 Å². The minimum atomic E-state index is 0.922. The zero-order valence-corrected chi connectivity index (χ0v) is 9.89. The van der Waals surface area contributed by atoms with Gasteiger partial charge in [-0.15, -0.1) is 11.3 Å². The van der Waals surface area contributed by atoms with E-state index in [0.717, 1.165) is 22.0 Å². The van der Waals surface area contributed by atoms with Gasteiger partial charge in [-0.25, -0.2) is 4.98 Å². The highest BCUT2D eigenvalue weighted by atomic mass is 32.1. The van der Waals surface area contributed by atoms with Crippen LogP contribution in [0.15, 0.2) is 60.1 Å². The van der Waals surface area contributed by atoms with Crippen molar-refractivity contribution in [2.75, 3.05) is 0 Å². The maximum Gasteiger partial charge on any atom is 0.124 e. The largest absolute Gasteiger partial charge is 0.255 e. The summed E-state index contributed by atoms with van der Waals surface area (Å²) in [7, 11) is 0. The molecule has 3 rings (SSSR count). The van der Waals surface area contributed by atoms with E-state index in [-0.39, 0.29) is 0 Å². The Morgan fingerprint density at radius 3 is 2.41 bits per heavy atom. The van der Waals surface area contributed by atoms with Gasteiger partial charge in [0.15, 0.2) is 0 Å². The standard InChI is InChI=1S/C14H10N2S/c1-2-6-11(7-3-1)14-16-13(10-17-14)12-8-4-5-9-15-12/h1-10H. The van der Waals surface area contributed by atoms with Crippen molar-refractivity contribution in [3.8, 4) is 22.0 Å². The Kier molecular flexibility index (Phi) is 2.68. The van der Waals surface area contributed by atoms with E-state index < -0.39 is 0 Å². The molecule has 0 N–H and O–H groups in total. The Morgan fingerprint density at radius 2 is 1.65 bits per heavy atom. The molecule has 0 amide bonds. The summed E-state index contributed by atoms with van der Waals surface area (Å²) in [4.78, 5) is 8.91. The first-order valence-corrected chi connectivity index (χ1v) is 6.24. The number of rotatable bonds is 2. The molecule has 0 aliphatic heterocycles. The van der Waals surface area contributed by atoms with Gasteiger partial charge >= 0.3 is 0 Å². The van der Waals surface area contributed by atoms with Crippen LogP contribution < -0.4 is 0 Å². The molecular weight excluding hydrogens is 228 g/mol. The maximum atomic E-state index is 4.61. The van der Waals surface area contributed by atoms with Gasteiger partial charge in [-0.1, -0.05) is 36.4 Å². The van der Waals surface area contributed by atoms with Crippen LogP contribution in [0.4, 0.5) is 0 Å². The van der Waals surface area contributed by atoms with Gasteiger partial charge in [-0.3, -0.25) is 4.98 Å². The Labute approximate surface area is 104 Å². The lowest BCUT2D eigenvalue weighted by atomic mass is 10.2. The Hall–Kier alpha value is -2.00. The minimum Gasteiger partial charge on any atom is -0.255 e. The van der Waals surface area contributed by atoms with Gasteiger partial charge in [0.2, 0.25) is 0 Å². The second-order valence-corrected chi connectivity index (χ2v) is 4.48. The van der Waals surface area contributed by atoms with E-state index >= 15 is 0 Å². The van der Waals surface area contributed by atoms with Crippen LogP contribution >= 0.6 is 11.3 Å². The molecule has 2 aromatic heterocycles. The SMILES string of the molecule is c1ccc(-c2nc(-c3ccccn3)cs2)cc1. The average molecular weight is 238 g/mol. The van der Waals surface area contributed by atoms with Crippen molar-refractivity contribution >= 4 is 11.3 Å². The molecule has 0 saturated carbocycles. The van der Waals surface area contributed by atoms with Crippen LogP contribution in [0.5, 0.6) is 0 Å². The van der Waals surface area contributed by atoms with Crippen LogP contribution in [0.3, 0.4) is 0 Å². The molecule has 0 fully saturated rings. The van der Waals surface area contributed by atoms with Crippen LogP contribution in [-0.2, 0) is 0 Å². The second-order valence-electron chi connectivity index (χ2n) is 3.62. The third-order valence-corrected chi connectivity index (χ3v) is 3.34. The number of thiazole rings is 1. The Morgan fingerprint density at radius 1 is 0.824 bits per heavy atom. The highest BCUT2D eigenvalue weighted by Crippen LogP contribution is 2.27. The fourth-order valence-electron chi connectivity index (χ4n) is 1.62. The van der Waals surface area contributed by atoms with Gasteiger partial charge in [0.25, 0.3) is 0 Å². The van der Waals surface area contributed by atoms with Crippen molar-refractivity contribution < 1.29 is 0 Å². The summed E-state index contributed by atoms with van der Waals surface area (Å²) in [5.74, 6) is 0. The first kappa shape index (κ1) is 10.2. The molecule has 0 bridgehead atoms. The predicted octanol–water partition coefficient (Wildman–Crippen LogP) is 3.87. The highest BCUT2D eigenvalue weighted by molar-refractivity contribution is 7.13. The van der Waals surface area contributed by atoms with Gasteiger partial charge in [0.1, 0.15) is 10.7 Å². The van der Waals surface area contributed by atoms with Crippen molar-refractivity contribution in [2.45, 2.75) is 0 Å². The zero-order valence-electron chi connectivity index (χ0n) is 9.08. The molecule has 0 atom stereocenters. The molecule has 2 heterocycles. The first-order chi connectivity index (χ1) is 8.43. The molecule has 0 unspecified atom stereocenters. The fourth-order valence-corrected chi connectivity index (χ4v) is 2.44. The van der Waals surface area contributed by atoms with Crippen LogP contribution in [0.1, 0.15) is 0 Å². The molecule has 3 aromatic rings. The number of benzene rings is 1. The fraction of sp³-hybridized carbons (Fsp3) is 0. The maximum absolute atomic E-state index is 4.61. The van der Waals surface area contributed by atoms with Crippen molar-refractivity contribution in [3.63, 3.8) is 0 Å². The van der Waals surface area contributed by atoms with E-state index in [4.69, 9.17) is 0 Å². The number of hydrogen-bond donors (Lipinski definition) is 0. The molecule has 1 aromatic carbocycles. The molecule has 0 radical (unpaired) electrons. The van der Waals surface area contributed by atoms with E-state index in [9.17, 15) is 0 Å². The van der Waals surface area contributed by atoms with E-state index in [1.807, 2.05) is 41.8 Å². The summed E-state index contributed by atoms with van der Waals surface area (Å²) in [6.07, 6.45) is 1.79. The monoisotopic (exact) mass is 238 g/mol. The average Bonchev–Trinajstić information content (AvgIpc) is 2.90. The summed E-state index contributed by atoms with van der Waals surface area (Å²) < 4.78 is 0. The summed E-state index contributed by atoms with van der Waals surface area (Å²) >= 11 is 1.65. The third-order valence-electron chi connectivity index (χ3n) is 2.45. The van der Waals surface area contributed by atoms with Gasteiger partial charge in [-0.05, 0) is 12.1 Å². The molecule has 3 heteroatoms. The Balaban J connectivity index is 1.99. The molecular formula is C14H10N2S. The number of aromatic nitrogens is 2. The zero-order chi connectivity index (χ0) is 11.5. The summed E-state index contributed by atoms with van der Waals surface area (Å²) in [5, 5.41) is 3.08. The summed E-state index contributed by atoms with van der Waals surface area (Å²) in [5.41, 5.74) is 3.01. The quantitative estimate of drug-likeness (QED) is 0.677. The van der Waals surface area contributed by atoms with Crippen LogP contribution in [0, 0.1) is 0 Å². The van der Waals surface area contributed by atoms with E-state index in [0.29, 0.717) is 0 Å². The molecule has 0 spiro atoms. The molecule has 2 nitrogen and oxygen atoms in total. The topological polar surface area (TPSA) is 25.8 Å². The normalized spacial score (nSPS) is 10.4. The highest BCUT2D eigenvalue weighted by Gasteiger charge is 2.06. The molecule has 17 heavy (non-hydrogen) atoms. The van der Waals surface area contributed by atoms with Crippen molar-refractivity contribution in [1.82, 2.24) is 9.97 Å². The van der Waals surface area contributed by atoms with Crippen LogP contribution in [0.25, 0.3) is 22.0 Å². The molecule has 0 saturated heterocycles. The van der Waals surface area contributed by atoms with Gasteiger partial charge < -0.3 is 0 Å². The third kappa shape index (κ3) is 2.10. The lowest BCUT2D eigenvalue weighted by molar-refractivity contribution is 1.28. The molecule has 0 aliphatic carbocycles. The smallest absolute Gasteiger partial charge is 0.124 e. The van der Waals surface area contributed by atoms with Crippen molar-refractivity contribution in [3.05, 3.63) is 60.1 Å². The molecule has 0 aliphatic rings. The second kappa shape index (κ2) is 4.47. The Bertz CT molecular complexity index is 548. The van der Waals surface area contributed by atoms with Crippen molar-refractivity contribution in [2.24, 2.45) is 0 Å². The van der Waals surface area contributed by atoms with Crippen LogP contribution in [0.2, 0.25) is 0 Å². The first-order valence-electron chi connectivity index (χ1n) is 5.36. The van der Waals surface area contributed by atoms with E-state index in [2.05, 4.69) is 22.1 Å². The van der Waals surface area contributed by atoms with Gasteiger partial charge in [0.05, 0.1) is 5.69 Å². The van der Waals surface area contributed by atoms with Crippen LogP contribution in [-0.4, -0.2) is 9.97 Å². The minimum absolute atomic E-state index is 0.922. The van der Waals surface area contributed by atoms with Gasteiger partial charge in [-0.2, -0.15) is 0 Å². The molecule has 82 valence electrons. The lowest BCUT2D eigenvalue weighted by Crippen LogP contribution is -1.82. The van der Waals surface area contributed by atoms with E-state index in [1.54, 1.807) is 17.5 Å². The van der Waals surface area contributed by atoms with E-state index in [1.165, 1.54) is 0 Å². The number of hydrogen-bond acceptors (Lipinski definition) is 3. The predicted molar refractivity (Wildman–Crippen MR) is 70.8 cm³/mol. The van der Waals surface area contributed by atoms with Crippen molar-refractivity contribution in [1.29, 1.82) is 0 Å². The summed E-state index contributed by atoms with van der Waals surface area (Å²) in [6, 6.07) is 16.1. The number of pyridine rings is 1. The number of nitrogens with zero attached hydrogens (tertiary/aromatic N) is 2. The summed E-state index contributed by atoms with van der Waals surface area (Å²) in [6.45, 7) is 0.